The molecule has 0 unspecified atom stereocenters. The minimum Gasteiger partial charge on any atom is -0.481 e. The summed E-state index contributed by atoms with van der Waals surface area (Å²) in [7, 11) is 0. The van der Waals surface area contributed by atoms with Crippen molar-refractivity contribution >= 4 is 5.91 Å². The molecule has 18 heavy (non-hydrogen) atoms. The predicted octanol–water partition coefficient (Wildman–Crippen LogP) is 2.76. The molecule has 1 rings (SSSR count). The van der Waals surface area contributed by atoms with E-state index in [1.807, 2.05) is 39.0 Å². The fourth-order valence-corrected chi connectivity index (χ4v) is 1.56. The molecule has 0 aliphatic carbocycles. The van der Waals surface area contributed by atoms with Crippen molar-refractivity contribution in [1.82, 2.24) is 5.32 Å². The largest absolute Gasteiger partial charge is 0.481 e. The van der Waals surface area contributed by atoms with E-state index in [0.717, 1.165) is 11.3 Å². The van der Waals surface area contributed by atoms with Gasteiger partial charge in [0.05, 0.1) is 0 Å². The molecule has 0 radical (unpaired) electrons. The molecule has 1 amide bonds. The number of aryl methyl sites for hydroxylation is 2. The van der Waals surface area contributed by atoms with Crippen LogP contribution in [0, 0.1) is 13.8 Å². The van der Waals surface area contributed by atoms with Crippen molar-refractivity contribution in [2.24, 2.45) is 0 Å². The van der Waals surface area contributed by atoms with Gasteiger partial charge in [-0.1, -0.05) is 19.1 Å². The molecule has 0 aromatic heterocycles. The van der Waals surface area contributed by atoms with Crippen LogP contribution in [0.2, 0.25) is 0 Å². The molecule has 0 bridgehead atoms. The molecular weight excluding hydrogens is 226 g/mol. The van der Waals surface area contributed by atoms with Gasteiger partial charge in [0.25, 0.3) is 5.91 Å². The van der Waals surface area contributed by atoms with Crippen LogP contribution < -0.4 is 10.1 Å². The smallest absolute Gasteiger partial charge is 0.261 e. The fourth-order valence-electron chi connectivity index (χ4n) is 1.56. The quantitative estimate of drug-likeness (QED) is 0.785. The maximum atomic E-state index is 11.8. The van der Waals surface area contributed by atoms with Crippen molar-refractivity contribution in [3.05, 3.63) is 42.0 Å². The third-order valence-electron chi connectivity index (χ3n) is 2.84. The first-order valence-corrected chi connectivity index (χ1v) is 6.21. The van der Waals surface area contributed by atoms with E-state index in [0.29, 0.717) is 13.0 Å². The second-order valence-electron chi connectivity index (χ2n) is 4.29. The van der Waals surface area contributed by atoms with Gasteiger partial charge in [0, 0.05) is 6.54 Å². The van der Waals surface area contributed by atoms with Gasteiger partial charge < -0.3 is 10.1 Å². The zero-order valence-electron chi connectivity index (χ0n) is 11.3. The number of hydrogen-bond acceptors (Lipinski definition) is 2. The van der Waals surface area contributed by atoms with E-state index in [1.165, 1.54) is 5.56 Å². The summed E-state index contributed by atoms with van der Waals surface area (Å²) >= 11 is 0. The Hall–Kier alpha value is -1.77. The molecule has 1 atom stereocenters. The molecule has 0 fully saturated rings. The van der Waals surface area contributed by atoms with Crippen molar-refractivity contribution in [1.29, 1.82) is 0 Å². The Labute approximate surface area is 109 Å². The lowest BCUT2D eigenvalue weighted by Gasteiger charge is -2.17. The highest BCUT2D eigenvalue weighted by molar-refractivity contribution is 5.81. The number of nitrogens with one attached hydrogen (secondary N) is 1. The first-order chi connectivity index (χ1) is 8.58. The zero-order chi connectivity index (χ0) is 13.5. The van der Waals surface area contributed by atoms with Gasteiger partial charge in [0.2, 0.25) is 0 Å². The molecule has 1 aromatic rings. The topological polar surface area (TPSA) is 38.3 Å². The van der Waals surface area contributed by atoms with Gasteiger partial charge in [-0.25, -0.2) is 0 Å². The van der Waals surface area contributed by atoms with Gasteiger partial charge in [-0.2, -0.15) is 0 Å². The van der Waals surface area contributed by atoms with Crippen LogP contribution >= 0.6 is 0 Å². The van der Waals surface area contributed by atoms with Crippen LogP contribution in [0.1, 0.15) is 24.5 Å². The van der Waals surface area contributed by atoms with E-state index in [1.54, 1.807) is 6.08 Å². The summed E-state index contributed by atoms with van der Waals surface area (Å²) in [4.78, 5) is 11.8. The summed E-state index contributed by atoms with van der Waals surface area (Å²) in [6.45, 7) is 10.0. The van der Waals surface area contributed by atoms with Crippen molar-refractivity contribution in [3.63, 3.8) is 0 Å². The lowest BCUT2D eigenvalue weighted by atomic mass is 10.1. The average molecular weight is 247 g/mol. The van der Waals surface area contributed by atoms with E-state index in [2.05, 4.69) is 11.9 Å². The van der Waals surface area contributed by atoms with Gasteiger partial charge in [0.15, 0.2) is 6.10 Å². The van der Waals surface area contributed by atoms with Crippen molar-refractivity contribution in [3.8, 4) is 5.75 Å². The number of hydrogen-bond donors (Lipinski definition) is 1. The van der Waals surface area contributed by atoms with E-state index < -0.39 is 6.10 Å². The number of amides is 1. The first kappa shape index (κ1) is 14.3. The van der Waals surface area contributed by atoms with Crippen molar-refractivity contribution in [2.75, 3.05) is 6.54 Å². The van der Waals surface area contributed by atoms with Gasteiger partial charge in [-0.05, 0) is 43.5 Å². The minimum atomic E-state index is -0.452. The fraction of sp³-hybridized carbons (Fsp3) is 0.400. The Balaban J connectivity index is 2.69. The summed E-state index contributed by atoms with van der Waals surface area (Å²) in [5.41, 5.74) is 2.38. The molecular formula is C15H21NO2. The molecule has 98 valence electrons. The summed E-state index contributed by atoms with van der Waals surface area (Å²) < 4.78 is 5.71. The molecule has 0 aliphatic heterocycles. The summed E-state index contributed by atoms with van der Waals surface area (Å²) in [5.74, 6) is 0.634. The van der Waals surface area contributed by atoms with E-state index in [9.17, 15) is 4.79 Å². The van der Waals surface area contributed by atoms with Crippen LogP contribution in [0.25, 0.3) is 0 Å². The third-order valence-corrected chi connectivity index (χ3v) is 2.84. The lowest BCUT2D eigenvalue weighted by molar-refractivity contribution is -0.127. The minimum absolute atomic E-state index is 0.101. The molecule has 0 aliphatic rings. The Kier molecular flexibility index (Phi) is 5.43. The Morgan fingerprint density at radius 1 is 1.44 bits per heavy atom. The standard InChI is InChI=1S/C15H21NO2/c1-5-9-16-15(17)14(6-2)18-13-8-7-11(3)12(4)10-13/h5,7-8,10,14H,1,6,9H2,2-4H3,(H,16,17)/t14-/m0/s1. The second-order valence-corrected chi connectivity index (χ2v) is 4.29. The lowest BCUT2D eigenvalue weighted by Crippen LogP contribution is -2.38. The maximum absolute atomic E-state index is 11.8. The van der Waals surface area contributed by atoms with Crippen LogP contribution in [-0.2, 0) is 4.79 Å². The number of rotatable bonds is 6. The highest BCUT2D eigenvalue weighted by atomic mass is 16.5. The highest BCUT2D eigenvalue weighted by Gasteiger charge is 2.17. The van der Waals surface area contributed by atoms with Crippen LogP contribution in [-0.4, -0.2) is 18.6 Å². The zero-order valence-corrected chi connectivity index (χ0v) is 11.3. The first-order valence-electron chi connectivity index (χ1n) is 6.21. The monoisotopic (exact) mass is 247 g/mol. The Morgan fingerprint density at radius 2 is 2.17 bits per heavy atom. The van der Waals surface area contributed by atoms with E-state index in [4.69, 9.17) is 4.74 Å². The number of benzene rings is 1. The van der Waals surface area contributed by atoms with Crippen molar-refractivity contribution in [2.45, 2.75) is 33.3 Å². The maximum Gasteiger partial charge on any atom is 0.261 e. The normalized spacial score (nSPS) is 11.7. The molecule has 3 heteroatoms. The molecule has 0 saturated carbocycles. The molecule has 3 nitrogen and oxygen atoms in total. The molecule has 0 saturated heterocycles. The number of ether oxygens (including phenoxy) is 1. The SMILES string of the molecule is C=CCNC(=O)[C@H](CC)Oc1ccc(C)c(C)c1. The van der Waals surface area contributed by atoms with Crippen molar-refractivity contribution < 1.29 is 9.53 Å². The van der Waals surface area contributed by atoms with Gasteiger partial charge in [-0.15, -0.1) is 6.58 Å². The molecule has 0 heterocycles. The van der Waals surface area contributed by atoms with E-state index in [-0.39, 0.29) is 5.91 Å². The number of carbonyl (C=O) groups is 1. The van der Waals surface area contributed by atoms with Crippen LogP contribution in [0.4, 0.5) is 0 Å². The third kappa shape index (κ3) is 3.91. The Morgan fingerprint density at radius 3 is 2.72 bits per heavy atom. The van der Waals surface area contributed by atoms with Gasteiger partial charge >= 0.3 is 0 Å². The highest BCUT2D eigenvalue weighted by Crippen LogP contribution is 2.18. The predicted molar refractivity (Wildman–Crippen MR) is 73.8 cm³/mol. The van der Waals surface area contributed by atoms with Gasteiger partial charge in [-0.3, -0.25) is 4.79 Å². The summed E-state index contributed by atoms with van der Waals surface area (Å²) in [6.07, 6.45) is 1.84. The van der Waals surface area contributed by atoms with Crippen LogP contribution in [0.3, 0.4) is 0 Å². The van der Waals surface area contributed by atoms with Crippen LogP contribution in [0.5, 0.6) is 5.75 Å². The second kappa shape index (κ2) is 6.84. The Bertz CT molecular complexity index is 427. The summed E-state index contributed by atoms with van der Waals surface area (Å²) in [6, 6.07) is 5.85. The van der Waals surface area contributed by atoms with Crippen LogP contribution in [0.15, 0.2) is 30.9 Å². The summed E-state index contributed by atoms with van der Waals surface area (Å²) in [5, 5.41) is 2.75. The molecule has 1 N–H and O–H groups in total. The number of carbonyl (C=O) groups excluding carboxylic acids is 1. The van der Waals surface area contributed by atoms with Gasteiger partial charge in [0.1, 0.15) is 5.75 Å². The molecule has 0 spiro atoms. The molecule has 1 aromatic carbocycles. The van der Waals surface area contributed by atoms with E-state index >= 15 is 0 Å². The average Bonchev–Trinajstić information content (AvgIpc) is 2.37.